The zero-order valence-electron chi connectivity index (χ0n) is 11.5. The second-order valence-corrected chi connectivity index (χ2v) is 5.79. The zero-order valence-corrected chi connectivity index (χ0v) is 11.5. The van der Waals surface area contributed by atoms with Crippen molar-refractivity contribution in [2.24, 2.45) is 5.92 Å². The van der Waals surface area contributed by atoms with Crippen LogP contribution in [0.1, 0.15) is 47.0 Å². The van der Waals surface area contributed by atoms with Gasteiger partial charge in [0.1, 0.15) is 5.60 Å². The molecule has 0 spiro atoms. The fourth-order valence-corrected chi connectivity index (χ4v) is 2.22. The Balaban J connectivity index is 2.45. The summed E-state index contributed by atoms with van der Waals surface area (Å²) < 4.78 is 5.30. The third-order valence-electron chi connectivity index (χ3n) is 2.97. The number of carbonyl (C=O) groups is 1. The number of rotatable bonds is 4. The Morgan fingerprint density at radius 2 is 2.24 bits per heavy atom. The van der Waals surface area contributed by atoms with Gasteiger partial charge in [-0.2, -0.15) is 0 Å². The molecule has 1 aliphatic heterocycles. The van der Waals surface area contributed by atoms with Crippen molar-refractivity contribution in [3.63, 3.8) is 0 Å². The molecule has 0 aromatic carbocycles. The summed E-state index contributed by atoms with van der Waals surface area (Å²) in [5.74, 6) is 0.544. The highest BCUT2D eigenvalue weighted by Crippen LogP contribution is 2.17. The second-order valence-electron chi connectivity index (χ2n) is 5.79. The van der Waals surface area contributed by atoms with Crippen LogP contribution in [-0.4, -0.2) is 30.8 Å². The topological polar surface area (TPSA) is 50.4 Å². The monoisotopic (exact) mass is 242 g/mol. The van der Waals surface area contributed by atoms with Crippen LogP contribution in [0, 0.1) is 5.92 Å². The van der Waals surface area contributed by atoms with Crippen LogP contribution in [0.2, 0.25) is 0 Å². The molecule has 0 aromatic heterocycles. The molecule has 1 fully saturated rings. The summed E-state index contributed by atoms with van der Waals surface area (Å²) in [7, 11) is 0. The van der Waals surface area contributed by atoms with Crippen LogP contribution in [0.3, 0.4) is 0 Å². The van der Waals surface area contributed by atoms with E-state index in [1.807, 2.05) is 20.8 Å². The van der Waals surface area contributed by atoms with E-state index in [4.69, 9.17) is 4.74 Å². The summed E-state index contributed by atoms with van der Waals surface area (Å²) in [6.07, 6.45) is 2.95. The van der Waals surface area contributed by atoms with Crippen molar-refractivity contribution >= 4 is 6.09 Å². The van der Waals surface area contributed by atoms with Gasteiger partial charge in [-0.25, -0.2) is 4.79 Å². The summed E-state index contributed by atoms with van der Waals surface area (Å²) in [5, 5.41) is 6.36. The van der Waals surface area contributed by atoms with Gasteiger partial charge in [0, 0.05) is 6.04 Å². The molecule has 1 heterocycles. The van der Waals surface area contributed by atoms with E-state index >= 15 is 0 Å². The average Bonchev–Trinajstić information content (AvgIpc) is 2.66. The average molecular weight is 242 g/mol. The number of amides is 1. The van der Waals surface area contributed by atoms with E-state index in [1.54, 1.807) is 0 Å². The van der Waals surface area contributed by atoms with Gasteiger partial charge in [0.25, 0.3) is 0 Å². The molecule has 4 nitrogen and oxygen atoms in total. The molecule has 1 rings (SSSR count). The van der Waals surface area contributed by atoms with Crippen molar-refractivity contribution in [3.8, 4) is 0 Å². The number of alkyl carbamates (subject to hydrolysis) is 1. The van der Waals surface area contributed by atoms with Gasteiger partial charge >= 0.3 is 6.09 Å². The van der Waals surface area contributed by atoms with Crippen molar-refractivity contribution < 1.29 is 9.53 Å². The lowest BCUT2D eigenvalue weighted by molar-refractivity contribution is 0.0484. The molecule has 100 valence electrons. The minimum atomic E-state index is -0.422. The molecule has 1 aliphatic rings. The summed E-state index contributed by atoms with van der Waals surface area (Å²) >= 11 is 0. The highest BCUT2D eigenvalue weighted by molar-refractivity contribution is 5.68. The van der Waals surface area contributed by atoms with Crippen LogP contribution >= 0.6 is 0 Å². The molecule has 0 saturated carbocycles. The first kappa shape index (κ1) is 14.3. The lowest BCUT2D eigenvalue weighted by Crippen LogP contribution is -2.43. The Morgan fingerprint density at radius 3 is 2.71 bits per heavy atom. The van der Waals surface area contributed by atoms with Crippen LogP contribution in [0.25, 0.3) is 0 Å². The maximum Gasteiger partial charge on any atom is 0.407 e. The fourth-order valence-electron chi connectivity index (χ4n) is 2.22. The van der Waals surface area contributed by atoms with Gasteiger partial charge in [-0.3, -0.25) is 0 Å². The van der Waals surface area contributed by atoms with Gasteiger partial charge in [0.15, 0.2) is 0 Å². The zero-order chi connectivity index (χ0) is 12.9. The summed E-state index contributed by atoms with van der Waals surface area (Å²) in [4.78, 5) is 11.7. The van der Waals surface area contributed by atoms with E-state index in [1.165, 1.54) is 0 Å². The Kier molecular flexibility index (Phi) is 5.25. The van der Waals surface area contributed by atoms with Gasteiger partial charge < -0.3 is 15.4 Å². The smallest absolute Gasteiger partial charge is 0.407 e. The van der Waals surface area contributed by atoms with Crippen LogP contribution in [0.4, 0.5) is 4.79 Å². The molecule has 2 atom stereocenters. The normalized spacial score (nSPS) is 22.2. The standard InChI is InChI=1S/C13H26N2O2/c1-5-6-11(10-7-8-14-9-10)15-12(16)17-13(2,3)4/h10-11,14H,5-9H2,1-4H3,(H,15,16). The molecule has 2 unspecified atom stereocenters. The molecule has 4 heteroatoms. The van der Waals surface area contributed by atoms with Crippen LogP contribution in [0.15, 0.2) is 0 Å². The molecule has 2 N–H and O–H groups in total. The third kappa shape index (κ3) is 5.39. The number of carbonyl (C=O) groups excluding carboxylic acids is 1. The van der Waals surface area contributed by atoms with Crippen LogP contribution in [0.5, 0.6) is 0 Å². The van der Waals surface area contributed by atoms with Crippen LogP contribution in [-0.2, 0) is 4.74 Å². The molecule has 1 saturated heterocycles. The van der Waals surface area contributed by atoms with E-state index in [2.05, 4.69) is 17.6 Å². The quantitative estimate of drug-likeness (QED) is 0.795. The molecule has 0 bridgehead atoms. The van der Waals surface area contributed by atoms with E-state index < -0.39 is 5.60 Å². The SMILES string of the molecule is CCCC(NC(=O)OC(C)(C)C)C1CCNC1. The summed E-state index contributed by atoms with van der Waals surface area (Å²) in [6.45, 7) is 9.86. The number of hydrogen-bond acceptors (Lipinski definition) is 3. The van der Waals surface area contributed by atoms with Crippen LogP contribution < -0.4 is 10.6 Å². The minimum absolute atomic E-state index is 0.241. The molecular formula is C13H26N2O2. The predicted octanol–water partition coefficient (Wildman–Crippen LogP) is 2.29. The van der Waals surface area contributed by atoms with Crippen molar-refractivity contribution in [2.45, 2.75) is 58.6 Å². The molecule has 0 radical (unpaired) electrons. The maximum atomic E-state index is 11.7. The summed E-state index contributed by atoms with van der Waals surface area (Å²) in [6, 6.07) is 0.241. The van der Waals surface area contributed by atoms with Gasteiger partial charge in [-0.05, 0) is 52.6 Å². The first-order chi connectivity index (χ1) is 7.92. The highest BCUT2D eigenvalue weighted by Gasteiger charge is 2.27. The Bertz CT molecular complexity index is 242. The van der Waals surface area contributed by atoms with E-state index in [0.717, 1.165) is 32.4 Å². The Hall–Kier alpha value is -0.770. The van der Waals surface area contributed by atoms with Crippen molar-refractivity contribution in [1.82, 2.24) is 10.6 Å². The Labute approximate surface area is 104 Å². The molecule has 0 aromatic rings. The predicted molar refractivity (Wildman–Crippen MR) is 69.0 cm³/mol. The van der Waals surface area contributed by atoms with Crippen molar-refractivity contribution in [1.29, 1.82) is 0 Å². The second kappa shape index (κ2) is 6.24. The number of nitrogens with one attached hydrogen (secondary N) is 2. The fraction of sp³-hybridized carbons (Fsp3) is 0.923. The van der Waals surface area contributed by atoms with Gasteiger partial charge in [0.2, 0.25) is 0 Å². The first-order valence-corrected chi connectivity index (χ1v) is 6.62. The Morgan fingerprint density at radius 1 is 1.53 bits per heavy atom. The third-order valence-corrected chi connectivity index (χ3v) is 2.97. The summed E-state index contributed by atoms with van der Waals surface area (Å²) in [5.41, 5.74) is -0.422. The molecule has 1 amide bonds. The largest absolute Gasteiger partial charge is 0.444 e. The molecular weight excluding hydrogens is 216 g/mol. The number of ether oxygens (including phenoxy) is 1. The maximum absolute atomic E-state index is 11.7. The highest BCUT2D eigenvalue weighted by atomic mass is 16.6. The molecule has 0 aliphatic carbocycles. The van der Waals surface area contributed by atoms with Crippen molar-refractivity contribution in [2.75, 3.05) is 13.1 Å². The van der Waals surface area contributed by atoms with Gasteiger partial charge in [-0.1, -0.05) is 13.3 Å². The number of hydrogen-bond donors (Lipinski definition) is 2. The van der Waals surface area contributed by atoms with E-state index in [-0.39, 0.29) is 12.1 Å². The van der Waals surface area contributed by atoms with Gasteiger partial charge in [0.05, 0.1) is 0 Å². The lowest BCUT2D eigenvalue weighted by atomic mass is 9.95. The lowest BCUT2D eigenvalue weighted by Gasteiger charge is -2.26. The first-order valence-electron chi connectivity index (χ1n) is 6.62. The van der Waals surface area contributed by atoms with E-state index in [0.29, 0.717) is 5.92 Å². The van der Waals surface area contributed by atoms with Crippen molar-refractivity contribution in [3.05, 3.63) is 0 Å². The molecule has 17 heavy (non-hydrogen) atoms. The minimum Gasteiger partial charge on any atom is -0.444 e. The van der Waals surface area contributed by atoms with Gasteiger partial charge in [-0.15, -0.1) is 0 Å². The van der Waals surface area contributed by atoms with E-state index in [9.17, 15) is 4.79 Å².